The third kappa shape index (κ3) is 2.87. The maximum Gasteiger partial charge on any atom is 0.243 e. The maximum atomic E-state index is 12.2. The Bertz CT molecular complexity index is 556. The fourth-order valence-electron chi connectivity index (χ4n) is 4.01. The molecule has 1 N–H and O–H groups in total. The minimum Gasteiger partial charge on any atom is -0.273 e. The number of nitrogens with one attached hydrogen (secondary N) is 1. The maximum absolute atomic E-state index is 12.2. The summed E-state index contributed by atoms with van der Waals surface area (Å²) in [5.41, 5.74) is 7.51. The van der Waals surface area contributed by atoms with Crippen LogP contribution in [-0.4, -0.2) is 12.1 Å². The van der Waals surface area contributed by atoms with Gasteiger partial charge in [-0.15, -0.1) is 0 Å². The number of hydrogen-bond donors (Lipinski definition) is 1. The van der Waals surface area contributed by atoms with E-state index in [0.717, 1.165) is 5.56 Å². The van der Waals surface area contributed by atoms with E-state index in [0.29, 0.717) is 11.8 Å². The van der Waals surface area contributed by atoms with Crippen molar-refractivity contribution in [2.45, 2.75) is 46.5 Å². The summed E-state index contributed by atoms with van der Waals surface area (Å²) in [4.78, 5) is 12.2. The highest BCUT2D eigenvalue weighted by atomic mass is 16.2. The Hall–Kier alpha value is -1.64. The number of carbonyl (C=O) groups excluding carboxylic acids is 1. The summed E-state index contributed by atoms with van der Waals surface area (Å²) in [5.74, 6) is 1.61. The minimum atomic E-state index is 0.116. The fraction of sp³-hybridized carbons (Fsp3) is 0.556. The molecule has 3 heteroatoms. The smallest absolute Gasteiger partial charge is 0.243 e. The second kappa shape index (κ2) is 5.63. The molecule has 1 aromatic rings. The lowest BCUT2D eigenvalue weighted by Crippen LogP contribution is -2.21. The quantitative estimate of drug-likeness (QED) is 0.670. The number of amides is 1. The Kier molecular flexibility index (Phi) is 3.83. The average Bonchev–Trinajstić information content (AvgIpc) is 3.15. The highest BCUT2D eigenvalue weighted by Gasteiger charge is 2.54. The molecule has 0 spiro atoms. The first-order valence-electron chi connectivity index (χ1n) is 7.98. The molecule has 1 aromatic carbocycles. The van der Waals surface area contributed by atoms with Gasteiger partial charge >= 0.3 is 0 Å². The van der Waals surface area contributed by atoms with Crippen molar-refractivity contribution in [3.05, 3.63) is 34.4 Å². The Morgan fingerprint density at radius 3 is 2.29 bits per heavy atom. The van der Waals surface area contributed by atoms with Crippen molar-refractivity contribution >= 4 is 12.1 Å². The molecule has 0 heterocycles. The summed E-state index contributed by atoms with van der Waals surface area (Å²) in [6.07, 6.45) is 6.81. The topological polar surface area (TPSA) is 41.5 Å². The van der Waals surface area contributed by atoms with Crippen LogP contribution in [0, 0.1) is 38.5 Å². The number of fused-ring (bicyclic) bond motifs is 1. The molecule has 3 nitrogen and oxygen atoms in total. The lowest BCUT2D eigenvalue weighted by atomic mass is 10.0. The van der Waals surface area contributed by atoms with Gasteiger partial charge < -0.3 is 0 Å². The molecule has 2 aliphatic rings. The standard InChI is InChI=1S/C18H24N2O/c1-11-8-12(2)16(13(3)9-11)10-19-20-18(21)17-14-6-4-5-7-15(14)17/h8-10,14-15,17H,4-7H2,1-3H3,(H,20,21)/b19-10-/t14-,15-/m1/s1. The van der Waals surface area contributed by atoms with E-state index < -0.39 is 0 Å². The molecule has 2 saturated carbocycles. The van der Waals surface area contributed by atoms with E-state index in [4.69, 9.17) is 0 Å². The summed E-state index contributed by atoms with van der Waals surface area (Å²) in [5, 5.41) is 4.19. The number of nitrogens with zero attached hydrogens (tertiary/aromatic N) is 1. The van der Waals surface area contributed by atoms with Crippen LogP contribution in [-0.2, 0) is 4.79 Å². The molecule has 0 radical (unpaired) electrons. The number of hydrazone groups is 1. The van der Waals surface area contributed by atoms with Crippen molar-refractivity contribution in [1.29, 1.82) is 0 Å². The van der Waals surface area contributed by atoms with E-state index in [9.17, 15) is 4.79 Å². The summed E-state index contributed by atoms with van der Waals surface area (Å²) in [6.45, 7) is 6.26. The predicted molar refractivity (Wildman–Crippen MR) is 85.3 cm³/mol. The lowest BCUT2D eigenvalue weighted by molar-refractivity contribution is -0.122. The number of benzene rings is 1. The second-order valence-electron chi connectivity index (χ2n) is 6.68. The molecular weight excluding hydrogens is 260 g/mol. The van der Waals surface area contributed by atoms with Gasteiger partial charge in [-0.05, 0) is 56.6 Å². The van der Waals surface area contributed by atoms with Crippen LogP contribution in [0.4, 0.5) is 0 Å². The average molecular weight is 284 g/mol. The van der Waals surface area contributed by atoms with Crippen LogP contribution in [0.1, 0.15) is 47.9 Å². The first-order valence-corrected chi connectivity index (χ1v) is 7.98. The highest BCUT2D eigenvalue weighted by Crippen LogP contribution is 2.55. The zero-order valence-electron chi connectivity index (χ0n) is 13.1. The van der Waals surface area contributed by atoms with Crippen LogP contribution in [0.3, 0.4) is 0 Å². The Morgan fingerprint density at radius 1 is 1.14 bits per heavy atom. The van der Waals surface area contributed by atoms with Gasteiger partial charge in [-0.1, -0.05) is 30.5 Å². The van der Waals surface area contributed by atoms with Crippen molar-refractivity contribution < 1.29 is 4.79 Å². The van der Waals surface area contributed by atoms with E-state index in [1.54, 1.807) is 6.21 Å². The molecule has 2 atom stereocenters. The molecule has 2 fully saturated rings. The van der Waals surface area contributed by atoms with Crippen LogP contribution >= 0.6 is 0 Å². The van der Waals surface area contributed by atoms with Crippen LogP contribution in [0.2, 0.25) is 0 Å². The number of rotatable bonds is 3. The molecule has 1 amide bonds. The van der Waals surface area contributed by atoms with Gasteiger partial charge in [0.1, 0.15) is 0 Å². The van der Waals surface area contributed by atoms with E-state index >= 15 is 0 Å². The SMILES string of the molecule is Cc1cc(C)c(/C=N\NC(=O)C2[C@@H]3CCCC[C@@H]23)c(C)c1. The molecule has 0 aliphatic heterocycles. The van der Waals surface area contributed by atoms with Crippen molar-refractivity contribution in [2.75, 3.05) is 0 Å². The number of hydrogen-bond acceptors (Lipinski definition) is 2. The lowest BCUT2D eigenvalue weighted by Gasteiger charge is -2.06. The summed E-state index contributed by atoms with van der Waals surface area (Å²) in [6, 6.07) is 4.29. The normalized spacial score (nSPS) is 27.5. The van der Waals surface area contributed by atoms with Gasteiger partial charge in [-0.25, -0.2) is 5.43 Å². The third-order valence-electron chi connectivity index (χ3n) is 5.07. The molecule has 2 aliphatic carbocycles. The zero-order chi connectivity index (χ0) is 15.0. The first kappa shape index (κ1) is 14.3. The fourth-order valence-corrected chi connectivity index (χ4v) is 4.01. The minimum absolute atomic E-state index is 0.116. The third-order valence-corrected chi connectivity index (χ3v) is 5.07. The van der Waals surface area contributed by atoms with Gasteiger partial charge in [0.2, 0.25) is 5.91 Å². The molecule has 0 bridgehead atoms. The van der Waals surface area contributed by atoms with Crippen molar-refractivity contribution in [3.63, 3.8) is 0 Å². The second-order valence-corrected chi connectivity index (χ2v) is 6.68. The van der Waals surface area contributed by atoms with Crippen LogP contribution in [0.5, 0.6) is 0 Å². The molecule has 0 saturated heterocycles. The Labute approximate surface area is 126 Å². The van der Waals surface area contributed by atoms with Crippen LogP contribution in [0.25, 0.3) is 0 Å². The van der Waals surface area contributed by atoms with Crippen molar-refractivity contribution in [2.24, 2.45) is 22.9 Å². The number of aryl methyl sites for hydroxylation is 3. The molecule has 0 aromatic heterocycles. The van der Waals surface area contributed by atoms with Crippen LogP contribution < -0.4 is 5.43 Å². The highest BCUT2D eigenvalue weighted by molar-refractivity contribution is 5.87. The van der Waals surface area contributed by atoms with E-state index in [-0.39, 0.29) is 11.8 Å². The van der Waals surface area contributed by atoms with Gasteiger partial charge in [0, 0.05) is 11.5 Å². The molecule has 3 rings (SSSR count). The van der Waals surface area contributed by atoms with Gasteiger partial charge in [0.25, 0.3) is 0 Å². The Balaban J connectivity index is 1.61. The molecule has 112 valence electrons. The van der Waals surface area contributed by atoms with E-state index in [2.05, 4.69) is 43.4 Å². The molecule has 21 heavy (non-hydrogen) atoms. The summed E-state index contributed by atoms with van der Waals surface area (Å²) in [7, 11) is 0. The van der Waals surface area contributed by atoms with Gasteiger partial charge in [0.05, 0.1) is 6.21 Å². The molecule has 0 unspecified atom stereocenters. The van der Waals surface area contributed by atoms with Gasteiger partial charge in [-0.3, -0.25) is 4.79 Å². The molecular formula is C18H24N2O. The largest absolute Gasteiger partial charge is 0.273 e. The van der Waals surface area contributed by atoms with Crippen LogP contribution in [0.15, 0.2) is 17.2 Å². The first-order chi connectivity index (χ1) is 10.1. The van der Waals surface area contributed by atoms with E-state index in [1.165, 1.54) is 42.4 Å². The Morgan fingerprint density at radius 2 is 1.71 bits per heavy atom. The van der Waals surface area contributed by atoms with Gasteiger partial charge in [0.15, 0.2) is 0 Å². The van der Waals surface area contributed by atoms with Gasteiger partial charge in [-0.2, -0.15) is 5.10 Å². The van der Waals surface area contributed by atoms with Crippen molar-refractivity contribution in [1.82, 2.24) is 5.43 Å². The van der Waals surface area contributed by atoms with Crippen molar-refractivity contribution in [3.8, 4) is 0 Å². The summed E-state index contributed by atoms with van der Waals surface area (Å²) >= 11 is 0. The number of carbonyl (C=O) groups is 1. The zero-order valence-corrected chi connectivity index (χ0v) is 13.1. The van der Waals surface area contributed by atoms with E-state index in [1.807, 2.05) is 0 Å². The summed E-state index contributed by atoms with van der Waals surface area (Å²) < 4.78 is 0. The monoisotopic (exact) mass is 284 g/mol. The predicted octanol–water partition coefficient (Wildman–Crippen LogP) is 3.50.